The van der Waals surface area contributed by atoms with Crippen LogP contribution in [0.25, 0.3) is 11.3 Å². The van der Waals surface area contributed by atoms with Gasteiger partial charge >= 0.3 is 0 Å². The molecule has 0 bridgehead atoms. The summed E-state index contributed by atoms with van der Waals surface area (Å²) < 4.78 is 1.52. The molecule has 0 spiro atoms. The van der Waals surface area contributed by atoms with E-state index in [1.807, 2.05) is 43.3 Å². The number of hydrogen-bond donors (Lipinski definition) is 1. The molecule has 6 heteroatoms. The fourth-order valence-electron chi connectivity index (χ4n) is 1.66. The second-order valence-electron chi connectivity index (χ2n) is 4.42. The smallest absolute Gasteiger partial charge is 0.241 e. The number of anilines is 1. The highest BCUT2D eigenvalue weighted by molar-refractivity contribution is 5.75. The largest absolute Gasteiger partial charge is 0.378 e. The van der Waals surface area contributed by atoms with Crippen molar-refractivity contribution >= 4 is 11.6 Å². The Kier molecular flexibility index (Phi) is 3.79. The standard InChI is InChI=1S/C13H17N5O/c1-14-13(19)9-18-8-12(15-16-18)10-4-6-11(7-5-10)17(2)3/h4-8H,9H2,1-3H3,(H,14,19). The zero-order valence-corrected chi connectivity index (χ0v) is 11.3. The van der Waals surface area contributed by atoms with Crippen LogP contribution in [0.1, 0.15) is 0 Å². The average molecular weight is 259 g/mol. The minimum Gasteiger partial charge on any atom is -0.378 e. The van der Waals surface area contributed by atoms with Gasteiger partial charge in [0.1, 0.15) is 12.2 Å². The molecule has 0 saturated carbocycles. The Morgan fingerprint density at radius 2 is 2.00 bits per heavy atom. The average Bonchev–Trinajstić information content (AvgIpc) is 2.87. The van der Waals surface area contributed by atoms with Gasteiger partial charge in [-0.25, -0.2) is 4.68 Å². The molecule has 1 aromatic heterocycles. The van der Waals surface area contributed by atoms with Crippen LogP contribution in [0.4, 0.5) is 5.69 Å². The van der Waals surface area contributed by atoms with Crippen LogP contribution in [0.15, 0.2) is 30.5 Å². The zero-order valence-electron chi connectivity index (χ0n) is 11.3. The number of benzene rings is 1. The van der Waals surface area contributed by atoms with Crippen molar-refractivity contribution in [3.05, 3.63) is 30.5 Å². The van der Waals surface area contributed by atoms with E-state index < -0.39 is 0 Å². The van der Waals surface area contributed by atoms with E-state index in [0.29, 0.717) is 0 Å². The lowest BCUT2D eigenvalue weighted by Gasteiger charge is -2.11. The topological polar surface area (TPSA) is 63.1 Å². The van der Waals surface area contributed by atoms with Crippen molar-refractivity contribution < 1.29 is 4.79 Å². The lowest BCUT2D eigenvalue weighted by molar-refractivity contribution is -0.121. The molecule has 1 heterocycles. The summed E-state index contributed by atoms with van der Waals surface area (Å²) in [5, 5.41) is 10.6. The highest BCUT2D eigenvalue weighted by Crippen LogP contribution is 2.20. The van der Waals surface area contributed by atoms with Crippen LogP contribution >= 0.6 is 0 Å². The minimum absolute atomic E-state index is 0.0978. The first kappa shape index (κ1) is 13.1. The summed E-state index contributed by atoms with van der Waals surface area (Å²) in [7, 11) is 5.59. The van der Waals surface area contributed by atoms with Crippen LogP contribution in [0.2, 0.25) is 0 Å². The Morgan fingerprint density at radius 1 is 1.32 bits per heavy atom. The highest BCUT2D eigenvalue weighted by Gasteiger charge is 2.06. The third kappa shape index (κ3) is 3.09. The van der Waals surface area contributed by atoms with Crippen LogP contribution in [-0.2, 0) is 11.3 Å². The summed E-state index contributed by atoms with van der Waals surface area (Å²) in [4.78, 5) is 13.3. The Bertz CT molecular complexity index is 559. The van der Waals surface area contributed by atoms with Crippen LogP contribution in [-0.4, -0.2) is 42.0 Å². The molecule has 1 N–H and O–H groups in total. The van der Waals surface area contributed by atoms with Crippen LogP contribution in [0, 0.1) is 0 Å². The first-order valence-electron chi connectivity index (χ1n) is 5.98. The molecule has 0 atom stereocenters. The van der Waals surface area contributed by atoms with Gasteiger partial charge in [-0.2, -0.15) is 0 Å². The maximum Gasteiger partial charge on any atom is 0.241 e. The van der Waals surface area contributed by atoms with Gasteiger partial charge in [-0.05, 0) is 12.1 Å². The Labute approximate surface area is 112 Å². The van der Waals surface area contributed by atoms with Crippen molar-refractivity contribution in [3.8, 4) is 11.3 Å². The van der Waals surface area contributed by atoms with E-state index in [1.54, 1.807) is 13.2 Å². The normalized spacial score (nSPS) is 10.3. The van der Waals surface area contributed by atoms with Gasteiger partial charge < -0.3 is 10.2 Å². The number of amides is 1. The quantitative estimate of drug-likeness (QED) is 0.880. The molecule has 0 saturated heterocycles. The first-order valence-corrected chi connectivity index (χ1v) is 5.98. The van der Waals surface area contributed by atoms with Gasteiger partial charge in [-0.3, -0.25) is 4.79 Å². The number of nitrogens with zero attached hydrogens (tertiary/aromatic N) is 4. The van der Waals surface area contributed by atoms with E-state index in [2.05, 4.69) is 15.6 Å². The van der Waals surface area contributed by atoms with E-state index in [1.165, 1.54) is 4.68 Å². The van der Waals surface area contributed by atoms with Crippen molar-refractivity contribution in [2.75, 3.05) is 26.0 Å². The van der Waals surface area contributed by atoms with Crippen molar-refractivity contribution in [3.63, 3.8) is 0 Å². The van der Waals surface area contributed by atoms with Crippen molar-refractivity contribution in [2.45, 2.75) is 6.54 Å². The van der Waals surface area contributed by atoms with E-state index in [-0.39, 0.29) is 12.5 Å². The molecular formula is C13H17N5O. The van der Waals surface area contributed by atoms with Crippen molar-refractivity contribution in [2.24, 2.45) is 0 Å². The monoisotopic (exact) mass is 259 g/mol. The Hall–Kier alpha value is -2.37. The van der Waals surface area contributed by atoms with Crippen LogP contribution in [0.3, 0.4) is 0 Å². The second kappa shape index (κ2) is 5.51. The summed E-state index contributed by atoms with van der Waals surface area (Å²) >= 11 is 0. The summed E-state index contributed by atoms with van der Waals surface area (Å²) in [6.07, 6.45) is 1.76. The number of likely N-dealkylation sites (N-methyl/N-ethyl adjacent to an activating group) is 1. The highest BCUT2D eigenvalue weighted by atomic mass is 16.1. The summed E-state index contributed by atoms with van der Waals surface area (Å²) in [6, 6.07) is 8.02. The maximum atomic E-state index is 11.2. The first-order chi connectivity index (χ1) is 9.10. The van der Waals surface area contributed by atoms with Gasteiger partial charge in [0, 0.05) is 32.4 Å². The van der Waals surface area contributed by atoms with Gasteiger partial charge in [0.05, 0.1) is 6.20 Å². The molecule has 0 aliphatic heterocycles. The predicted molar refractivity (Wildman–Crippen MR) is 73.9 cm³/mol. The number of rotatable bonds is 4. The molecule has 0 fully saturated rings. The predicted octanol–water partition coefficient (Wildman–Crippen LogP) is 0.757. The third-order valence-corrected chi connectivity index (χ3v) is 2.80. The molecule has 100 valence electrons. The van der Waals surface area contributed by atoms with E-state index in [0.717, 1.165) is 16.9 Å². The van der Waals surface area contributed by atoms with Gasteiger partial charge in [0.25, 0.3) is 0 Å². The molecule has 1 amide bonds. The Morgan fingerprint density at radius 3 is 2.58 bits per heavy atom. The number of carbonyl (C=O) groups excluding carboxylic acids is 1. The number of aromatic nitrogens is 3. The van der Waals surface area contributed by atoms with Crippen molar-refractivity contribution in [1.82, 2.24) is 20.3 Å². The molecule has 0 aliphatic rings. The van der Waals surface area contributed by atoms with E-state index in [4.69, 9.17) is 0 Å². The van der Waals surface area contributed by atoms with Gasteiger partial charge in [-0.15, -0.1) is 5.10 Å². The van der Waals surface area contributed by atoms with E-state index >= 15 is 0 Å². The number of hydrogen-bond acceptors (Lipinski definition) is 4. The third-order valence-electron chi connectivity index (χ3n) is 2.80. The summed E-state index contributed by atoms with van der Waals surface area (Å²) in [6.45, 7) is 0.180. The molecule has 6 nitrogen and oxygen atoms in total. The molecule has 19 heavy (non-hydrogen) atoms. The van der Waals surface area contributed by atoms with Gasteiger partial charge in [0.15, 0.2) is 0 Å². The number of nitrogens with one attached hydrogen (secondary N) is 1. The lowest BCUT2D eigenvalue weighted by Crippen LogP contribution is -2.23. The SMILES string of the molecule is CNC(=O)Cn1cc(-c2ccc(N(C)C)cc2)nn1. The van der Waals surface area contributed by atoms with Gasteiger partial charge in [-0.1, -0.05) is 17.3 Å². The Balaban J connectivity index is 2.16. The van der Waals surface area contributed by atoms with Crippen LogP contribution < -0.4 is 10.2 Å². The maximum absolute atomic E-state index is 11.2. The van der Waals surface area contributed by atoms with Crippen LogP contribution in [0.5, 0.6) is 0 Å². The number of carbonyl (C=O) groups is 1. The molecule has 2 aromatic rings. The summed E-state index contributed by atoms with van der Waals surface area (Å²) in [5.41, 5.74) is 2.87. The summed E-state index contributed by atoms with van der Waals surface area (Å²) in [5.74, 6) is -0.0978. The molecule has 0 aliphatic carbocycles. The molecular weight excluding hydrogens is 242 g/mol. The molecule has 2 rings (SSSR count). The van der Waals surface area contributed by atoms with Gasteiger partial charge in [0.2, 0.25) is 5.91 Å². The fraction of sp³-hybridized carbons (Fsp3) is 0.308. The van der Waals surface area contributed by atoms with E-state index in [9.17, 15) is 4.79 Å². The second-order valence-corrected chi connectivity index (χ2v) is 4.42. The molecule has 0 unspecified atom stereocenters. The molecule has 1 aromatic carbocycles. The molecule has 0 radical (unpaired) electrons. The van der Waals surface area contributed by atoms with Crippen molar-refractivity contribution in [1.29, 1.82) is 0 Å². The zero-order chi connectivity index (χ0) is 13.8. The lowest BCUT2D eigenvalue weighted by atomic mass is 10.1. The fourth-order valence-corrected chi connectivity index (χ4v) is 1.66. The minimum atomic E-state index is -0.0978.